The summed E-state index contributed by atoms with van der Waals surface area (Å²) in [5.74, 6) is 1.48. The van der Waals surface area contributed by atoms with Crippen LogP contribution in [0, 0.1) is 0 Å². The number of hydrogen-bond acceptors (Lipinski definition) is 4. The summed E-state index contributed by atoms with van der Waals surface area (Å²) in [6.07, 6.45) is 4.75. The maximum atomic E-state index is 10.6. The van der Waals surface area contributed by atoms with E-state index in [2.05, 4.69) is 10.3 Å². The minimum Gasteiger partial charge on any atom is -0.447 e. The van der Waals surface area contributed by atoms with Crippen molar-refractivity contribution in [3.63, 3.8) is 0 Å². The molecule has 0 aliphatic heterocycles. The molecule has 1 heterocycles. The van der Waals surface area contributed by atoms with Crippen LogP contribution in [0.3, 0.4) is 0 Å². The summed E-state index contributed by atoms with van der Waals surface area (Å²) in [5, 5.41) is 3.09. The minimum atomic E-state index is -0.723. The monoisotopic (exact) mass is 188 g/mol. The average Bonchev–Trinajstić information content (AvgIpc) is 2.49. The topological polar surface area (TPSA) is 55.1 Å². The molecule has 0 spiro atoms. The fraction of sp³-hybridized carbons (Fsp3) is 0.571. The molecule has 68 valence electrons. The molecule has 1 aromatic heterocycles. The van der Waals surface area contributed by atoms with Gasteiger partial charge in [0.25, 0.3) is 0 Å². The first-order valence-electron chi connectivity index (χ1n) is 3.67. The third kappa shape index (κ3) is 3.64. The zero-order valence-corrected chi connectivity index (χ0v) is 7.76. The summed E-state index contributed by atoms with van der Waals surface area (Å²) in [4.78, 5) is 3.77. The number of aromatic nitrogens is 1. The van der Waals surface area contributed by atoms with E-state index in [1.807, 2.05) is 0 Å². The average molecular weight is 188 g/mol. The van der Waals surface area contributed by atoms with Crippen molar-refractivity contribution in [3.8, 4) is 0 Å². The fourth-order valence-corrected chi connectivity index (χ4v) is 1.19. The molecule has 5 heteroatoms. The van der Waals surface area contributed by atoms with E-state index in [4.69, 9.17) is 4.42 Å². The van der Waals surface area contributed by atoms with Crippen molar-refractivity contribution >= 4 is 10.8 Å². The summed E-state index contributed by atoms with van der Waals surface area (Å²) >= 11 is 0. The van der Waals surface area contributed by atoms with Crippen molar-refractivity contribution in [2.75, 3.05) is 18.6 Å². The van der Waals surface area contributed by atoms with Gasteiger partial charge in [0.2, 0.25) is 0 Å². The van der Waals surface area contributed by atoms with Gasteiger partial charge >= 0.3 is 0 Å². The lowest BCUT2D eigenvalue weighted by Crippen LogP contribution is -2.19. The Bertz CT molecular complexity index is 236. The maximum Gasteiger partial charge on any atom is 0.180 e. The normalized spacial score (nSPS) is 13.1. The van der Waals surface area contributed by atoms with E-state index in [-0.39, 0.29) is 0 Å². The first-order valence-corrected chi connectivity index (χ1v) is 5.40. The molecule has 0 aromatic carbocycles. The Kier molecular flexibility index (Phi) is 3.96. The predicted octanol–water partition coefficient (Wildman–Crippen LogP) is 0.143. The van der Waals surface area contributed by atoms with Crippen LogP contribution in [0.5, 0.6) is 0 Å². The molecule has 0 saturated carbocycles. The molecule has 0 aliphatic carbocycles. The van der Waals surface area contributed by atoms with Gasteiger partial charge in [-0.05, 0) is 0 Å². The molecule has 12 heavy (non-hydrogen) atoms. The molecule has 0 fully saturated rings. The molecule has 0 aliphatic rings. The first-order chi connectivity index (χ1) is 5.79. The minimum absolute atomic E-state index is 0.650. The molecular formula is C7H12N2O2S. The zero-order chi connectivity index (χ0) is 8.81. The lowest BCUT2D eigenvalue weighted by molar-refractivity contribution is 0.483. The van der Waals surface area contributed by atoms with Crippen LogP contribution < -0.4 is 5.32 Å². The van der Waals surface area contributed by atoms with Gasteiger partial charge in [-0.15, -0.1) is 0 Å². The van der Waals surface area contributed by atoms with Crippen molar-refractivity contribution in [2.24, 2.45) is 0 Å². The Labute approximate surface area is 73.8 Å². The molecule has 1 rings (SSSR count). The molecule has 1 N–H and O–H groups in total. The lowest BCUT2D eigenvalue weighted by Gasteiger charge is -1.98. The Morgan fingerprint density at radius 1 is 1.75 bits per heavy atom. The standard InChI is InChI=1S/C7H12N2O2S/c1-12(10)3-2-8-4-7-5-9-6-11-7/h5-6,8H,2-4H2,1H3. The van der Waals surface area contributed by atoms with Gasteiger partial charge in [-0.25, -0.2) is 4.98 Å². The summed E-state index contributed by atoms with van der Waals surface area (Å²) in [6.45, 7) is 1.39. The number of oxazole rings is 1. The highest BCUT2D eigenvalue weighted by molar-refractivity contribution is 7.84. The van der Waals surface area contributed by atoms with Gasteiger partial charge in [0.15, 0.2) is 6.39 Å². The Morgan fingerprint density at radius 3 is 3.17 bits per heavy atom. The molecule has 4 nitrogen and oxygen atoms in total. The third-order valence-corrected chi connectivity index (χ3v) is 2.13. The van der Waals surface area contributed by atoms with E-state index in [1.54, 1.807) is 12.5 Å². The van der Waals surface area contributed by atoms with Crippen LogP contribution in [-0.4, -0.2) is 27.7 Å². The van der Waals surface area contributed by atoms with E-state index in [0.29, 0.717) is 12.3 Å². The van der Waals surface area contributed by atoms with Gasteiger partial charge in [-0.3, -0.25) is 4.21 Å². The second-order valence-electron chi connectivity index (χ2n) is 2.42. The smallest absolute Gasteiger partial charge is 0.180 e. The number of nitrogens with zero attached hydrogens (tertiary/aromatic N) is 1. The highest BCUT2D eigenvalue weighted by Crippen LogP contribution is 1.93. The number of nitrogens with one attached hydrogen (secondary N) is 1. The van der Waals surface area contributed by atoms with Crippen LogP contribution in [0.15, 0.2) is 17.0 Å². The maximum absolute atomic E-state index is 10.6. The summed E-state index contributed by atoms with van der Waals surface area (Å²) in [5.41, 5.74) is 0. The van der Waals surface area contributed by atoms with Crippen molar-refractivity contribution in [1.82, 2.24) is 10.3 Å². The van der Waals surface area contributed by atoms with Crippen LogP contribution in [0.25, 0.3) is 0 Å². The van der Waals surface area contributed by atoms with Crippen LogP contribution >= 0.6 is 0 Å². The van der Waals surface area contributed by atoms with Gasteiger partial charge in [-0.1, -0.05) is 0 Å². The predicted molar refractivity (Wildman–Crippen MR) is 47.1 cm³/mol. The Morgan fingerprint density at radius 2 is 2.58 bits per heavy atom. The summed E-state index contributed by atoms with van der Waals surface area (Å²) in [7, 11) is -0.723. The Hall–Kier alpha value is -0.680. The second-order valence-corrected chi connectivity index (χ2v) is 3.98. The van der Waals surface area contributed by atoms with E-state index in [1.165, 1.54) is 6.39 Å². The molecule has 0 bridgehead atoms. The largest absolute Gasteiger partial charge is 0.447 e. The third-order valence-electron chi connectivity index (χ3n) is 1.35. The number of rotatable bonds is 5. The van der Waals surface area contributed by atoms with Crippen molar-refractivity contribution in [1.29, 1.82) is 0 Å². The van der Waals surface area contributed by atoms with Crippen molar-refractivity contribution < 1.29 is 8.63 Å². The van der Waals surface area contributed by atoms with Gasteiger partial charge in [0.1, 0.15) is 5.76 Å². The molecule has 1 aromatic rings. The zero-order valence-electron chi connectivity index (χ0n) is 6.95. The molecular weight excluding hydrogens is 176 g/mol. The second kappa shape index (κ2) is 5.05. The van der Waals surface area contributed by atoms with Gasteiger partial charge in [0.05, 0.1) is 12.7 Å². The van der Waals surface area contributed by atoms with Crippen LogP contribution in [-0.2, 0) is 17.3 Å². The van der Waals surface area contributed by atoms with Gasteiger partial charge in [0, 0.05) is 29.4 Å². The molecule has 1 unspecified atom stereocenters. The highest BCUT2D eigenvalue weighted by atomic mass is 32.2. The van der Waals surface area contributed by atoms with Crippen LogP contribution in [0.1, 0.15) is 5.76 Å². The van der Waals surface area contributed by atoms with E-state index in [9.17, 15) is 4.21 Å². The van der Waals surface area contributed by atoms with Crippen molar-refractivity contribution in [2.45, 2.75) is 6.54 Å². The quantitative estimate of drug-likeness (QED) is 0.668. The van der Waals surface area contributed by atoms with Crippen LogP contribution in [0.2, 0.25) is 0 Å². The van der Waals surface area contributed by atoms with Crippen LogP contribution in [0.4, 0.5) is 0 Å². The lowest BCUT2D eigenvalue weighted by atomic mass is 10.5. The molecule has 0 saturated heterocycles. The molecule has 1 atom stereocenters. The van der Waals surface area contributed by atoms with Gasteiger partial charge < -0.3 is 9.73 Å². The van der Waals surface area contributed by atoms with E-state index < -0.39 is 10.8 Å². The first kappa shape index (κ1) is 9.41. The SMILES string of the molecule is CS(=O)CCNCc1cnco1. The van der Waals surface area contributed by atoms with Gasteiger partial charge in [-0.2, -0.15) is 0 Å². The fourth-order valence-electron chi connectivity index (χ4n) is 0.757. The number of hydrogen-bond donors (Lipinski definition) is 1. The van der Waals surface area contributed by atoms with Crippen molar-refractivity contribution in [3.05, 3.63) is 18.4 Å². The Balaban J connectivity index is 2.07. The van der Waals surface area contributed by atoms with E-state index >= 15 is 0 Å². The molecule has 0 radical (unpaired) electrons. The highest BCUT2D eigenvalue weighted by Gasteiger charge is 1.95. The summed E-state index contributed by atoms with van der Waals surface area (Å²) in [6, 6.07) is 0. The van der Waals surface area contributed by atoms with E-state index in [0.717, 1.165) is 12.3 Å². The molecule has 0 amide bonds. The summed E-state index contributed by atoms with van der Waals surface area (Å²) < 4.78 is 15.6.